The highest BCUT2D eigenvalue weighted by Crippen LogP contribution is 1.71. The summed E-state index contributed by atoms with van der Waals surface area (Å²) in [6, 6.07) is 0. The van der Waals surface area contributed by atoms with Gasteiger partial charge in [-0.2, -0.15) is 0 Å². The van der Waals surface area contributed by atoms with Gasteiger partial charge >= 0.3 is 0 Å². The van der Waals surface area contributed by atoms with Crippen LogP contribution in [-0.2, 0) is 0 Å². The van der Waals surface area contributed by atoms with Gasteiger partial charge in [-0.3, -0.25) is 0 Å². The molecule has 0 saturated heterocycles. The second kappa shape index (κ2) is 7.34. The van der Waals surface area contributed by atoms with E-state index >= 15 is 0 Å². The summed E-state index contributed by atoms with van der Waals surface area (Å²) < 4.78 is 0. The molecule has 0 spiro atoms. The largest absolute Gasteiger partial charge is 0.315 e. The first-order valence-electron chi connectivity index (χ1n) is 3.63. The molecule has 64 valence electrons. The molecule has 0 atom stereocenters. The second-order valence-corrected chi connectivity index (χ2v) is 2.51. The summed E-state index contributed by atoms with van der Waals surface area (Å²) in [6.07, 6.45) is 0. The van der Waals surface area contributed by atoms with E-state index in [0.717, 1.165) is 19.6 Å². The Bertz CT molecular complexity index is 127. The maximum absolute atomic E-state index is 7.93. The molecular weight excluding hydrogens is 142 g/mol. The average Bonchev–Trinajstić information content (AvgIpc) is 1.96. The highest BCUT2D eigenvalue weighted by Gasteiger charge is 1.87. The molecule has 0 fully saturated rings. The first-order chi connectivity index (χ1) is 5.27. The van der Waals surface area contributed by atoms with Gasteiger partial charge < -0.3 is 10.2 Å². The number of azide groups is 1. The highest BCUT2D eigenvalue weighted by molar-refractivity contribution is 4.53. The zero-order valence-corrected chi connectivity index (χ0v) is 7.12. The van der Waals surface area contributed by atoms with Crippen LogP contribution in [0.15, 0.2) is 5.11 Å². The number of hydrogen-bond acceptors (Lipinski definition) is 3. The van der Waals surface area contributed by atoms with Crippen molar-refractivity contribution in [2.24, 2.45) is 5.11 Å². The lowest BCUT2D eigenvalue weighted by molar-refractivity contribution is 0.401. The molecule has 0 aromatic carbocycles. The van der Waals surface area contributed by atoms with Gasteiger partial charge in [0.2, 0.25) is 0 Å². The molecule has 0 unspecified atom stereocenters. The van der Waals surface area contributed by atoms with Crippen LogP contribution in [0.5, 0.6) is 0 Å². The van der Waals surface area contributed by atoms with Crippen LogP contribution in [0.2, 0.25) is 0 Å². The molecule has 0 aliphatic rings. The molecule has 0 rings (SSSR count). The van der Waals surface area contributed by atoms with Gasteiger partial charge in [0.25, 0.3) is 0 Å². The van der Waals surface area contributed by atoms with Crippen molar-refractivity contribution in [1.82, 2.24) is 10.2 Å². The molecule has 5 nitrogen and oxygen atoms in total. The van der Waals surface area contributed by atoms with E-state index in [4.69, 9.17) is 5.53 Å². The fourth-order valence-corrected chi connectivity index (χ4v) is 0.601. The molecule has 0 aromatic heterocycles. The Morgan fingerprint density at radius 2 is 2.18 bits per heavy atom. The minimum atomic E-state index is 0.532. The number of nitrogens with one attached hydrogen (secondary N) is 1. The quantitative estimate of drug-likeness (QED) is 0.263. The van der Waals surface area contributed by atoms with Crippen molar-refractivity contribution in [1.29, 1.82) is 0 Å². The highest BCUT2D eigenvalue weighted by atomic mass is 15.1. The van der Waals surface area contributed by atoms with Gasteiger partial charge in [-0.05, 0) is 19.6 Å². The van der Waals surface area contributed by atoms with Crippen molar-refractivity contribution in [3.63, 3.8) is 0 Å². The molecule has 5 heteroatoms. The Morgan fingerprint density at radius 3 is 2.73 bits per heavy atom. The van der Waals surface area contributed by atoms with Gasteiger partial charge in [0, 0.05) is 31.1 Å². The fraction of sp³-hybridized carbons (Fsp3) is 1.00. The Kier molecular flexibility index (Phi) is 6.82. The molecule has 1 N–H and O–H groups in total. The van der Waals surface area contributed by atoms with Gasteiger partial charge in [-0.25, -0.2) is 0 Å². The van der Waals surface area contributed by atoms with Crippen LogP contribution in [0.1, 0.15) is 0 Å². The maximum atomic E-state index is 7.93. The van der Waals surface area contributed by atoms with Gasteiger partial charge in [-0.15, -0.1) is 0 Å². The van der Waals surface area contributed by atoms with Gasteiger partial charge in [0.05, 0.1) is 0 Å². The van der Waals surface area contributed by atoms with Crippen molar-refractivity contribution >= 4 is 0 Å². The molecule has 0 heterocycles. The molecule has 0 bridgehead atoms. The third kappa shape index (κ3) is 9.23. The Hall–Kier alpha value is -0.770. The summed E-state index contributed by atoms with van der Waals surface area (Å²) in [4.78, 5) is 4.74. The van der Waals surface area contributed by atoms with Crippen molar-refractivity contribution in [3.8, 4) is 0 Å². The van der Waals surface area contributed by atoms with Crippen molar-refractivity contribution in [2.45, 2.75) is 0 Å². The zero-order valence-electron chi connectivity index (χ0n) is 7.12. The van der Waals surface area contributed by atoms with Crippen LogP contribution in [0.25, 0.3) is 10.4 Å². The predicted octanol–water partition coefficient (Wildman–Crippen LogP) is 0.448. The van der Waals surface area contributed by atoms with E-state index in [1.54, 1.807) is 0 Å². The molecule has 0 aromatic rings. The van der Waals surface area contributed by atoms with Crippen molar-refractivity contribution in [3.05, 3.63) is 10.4 Å². The summed E-state index contributed by atoms with van der Waals surface area (Å²) in [5.74, 6) is 0. The van der Waals surface area contributed by atoms with E-state index < -0.39 is 0 Å². The zero-order chi connectivity index (χ0) is 8.53. The van der Waals surface area contributed by atoms with Gasteiger partial charge in [-0.1, -0.05) is 5.11 Å². The Balaban J connectivity index is 2.96. The lowest BCUT2D eigenvalue weighted by Gasteiger charge is -2.08. The monoisotopic (exact) mass is 157 g/mol. The molecule has 0 saturated carbocycles. The topological polar surface area (TPSA) is 64.0 Å². The first-order valence-corrected chi connectivity index (χ1v) is 3.63. The second-order valence-electron chi connectivity index (χ2n) is 2.51. The number of nitrogens with zero attached hydrogens (tertiary/aromatic N) is 4. The smallest absolute Gasteiger partial charge is 0.0383 e. The minimum absolute atomic E-state index is 0.532. The van der Waals surface area contributed by atoms with E-state index in [0.29, 0.717) is 6.54 Å². The first kappa shape index (κ1) is 10.2. The lowest BCUT2D eigenvalue weighted by atomic mass is 10.5. The molecule has 11 heavy (non-hydrogen) atoms. The summed E-state index contributed by atoms with van der Waals surface area (Å²) in [5.41, 5.74) is 7.93. The fourth-order valence-electron chi connectivity index (χ4n) is 0.601. The summed E-state index contributed by atoms with van der Waals surface area (Å²) in [7, 11) is 4.05. The van der Waals surface area contributed by atoms with E-state index in [2.05, 4.69) is 20.2 Å². The SMILES string of the molecule is CN(C)CCNCCN=[N+]=[N-]. The number of likely N-dealkylation sites (N-methyl/N-ethyl adjacent to an activating group) is 1. The third-order valence-corrected chi connectivity index (χ3v) is 1.19. The molecule has 0 amide bonds. The van der Waals surface area contributed by atoms with Crippen LogP contribution in [0.4, 0.5) is 0 Å². The van der Waals surface area contributed by atoms with Crippen molar-refractivity contribution in [2.75, 3.05) is 40.3 Å². The van der Waals surface area contributed by atoms with Crippen LogP contribution in [0.3, 0.4) is 0 Å². The van der Waals surface area contributed by atoms with E-state index in [1.807, 2.05) is 14.1 Å². The number of hydrogen-bond donors (Lipinski definition) is 1. The van der Waals surface area contributed by atoms with E-state index in [9.17, 15) is 0 Å². The van der Waals surface area contributed by atoms with Crippen LogP contribution < -0.4 is 5.32 Å². The minimum Gasteiger partial charge on any atom is -0.315 e. The predicted molar refractivity (Wildman–Crippen MR) is 45.4 cm³/mol. The normalized spacial score (nSPS) is 9.73. The Morgan fingerprint density at radius 1 is 1.45 bits per heavy atom. The maximum Gasteiger partial charge on any atom is 0.0383 e. The number of rotatable bonds is 6. The van der Waals surface area contributed by atoms with Gasteiger partial charge in [0.1, 0.15) is 0 Å². The van der Waals surface area contributed by atoms with Crippen LogP contribution >= 0.6 is 0 Å². The Labute approximate surface area is 67.0 Å². The molecule has 0 radical (unpaired) electrons. The third-order valence-electron chi connectivity index (χ3n) is 1.19. The summed E-state index contributed by atoms with van der Waals surface area (Å²) in [5, 5.41) is 6.54. The van der Waals surface area contributed by atoms with Gasteiger partial charge in [0.15, 0.2) is 0 Å². The summed E-state index contributed by atoms with van der Waals surface area (Å²) >= 11 is 0. The lowest BCUT2D eigenvalue weighted by Crippen LogP contribution is -2.28. The molecular formula is C6H15N5. The molecule has 0 aliphatic heterocycles. The average molecular weight is 157 g/mol. The van der Waals surface area contributed by atoms with E-state index in [1.165, 1.54) is 0 Å². The van der Waals surface area contributed by atoms with Crippen molar-refractivity contribution < 1.29 is 0 Å². The van der Waals surface area contributed by atoms with Crippen LogP contribution in [-0.4, -0.2) is 45.2 Å². The van der Waals surface area contributed by atoms with E-state index in [-0.39, 0.29) is 0 Å². The summed E-state index contributed by atoms with van der Waals surface area (Å²) in [6.45, 7) is 3.24. The standard InChI is InChI=1S/C6H15N5/c1-11(2)6-5-8-3-4-9-10-7/h8H,3-6H2,1-2H3. The van der Waals surface area contributed by atoms with Crippen LogP contribution in [0, 0.1) is 0 Å². The molecule has 0 aliphatic carbocycles.